The third-order valence-corrected chi connectivity index (χ3v) is 2.10. The predicted octanol–water partition coefficient (Wildman–Crippen LogP) is 2.32. The number of rotatable bonds is 0. The van der Waals surface area contributed by atoms with Gasteiger partial charge in [-0.25, -0.2) is 0 Å². The Morgan fingerprint density at radius 1 is 1.31 bits per heavy atom. The molecule has 0 saturated heterocycles. The topological polar surface area (TPSA) is 49.8 Å². The Bertz CT molecular complexity index is 466. The van der Waals surface area contributed by atoms with Crippen LogP contribution in [0.5, 0.6) is 0 Å². The van der Waals surface area contributed by atoms with Gasteiger partial charge in [0.15, 0.2) is 11.7 Å². The molecule has 0 N–H and O–H groups in total. The van der Waals surface area contributed by atoms with Gasteiger partial charge in [0.05, 0.1) is 0 Å². The van der Waals surface area contributed by atoms with Crippen LogP contribution < -0.4 is 0 Å². The average Bonchev–Trinajstić information content (AvgIpc) is 2.48. The highest BCUT2D eigenvalue weighted by atomic mass is 16.3. The van der Waals surface area contributed by atoms with E-state index in [-0.39, 0.29) is 5.89 Å². The van der Waals surface area contributed by atoms with E-state index in [0.29, 0.717) is 5.58 Å². The van der Waals surface area contributed by atoms with Crippen LogP contribution in [0, 0.1) is 25.2 Å². The van der Waals surface area contributed by atoms with Gasteiger partial charge in [-0.2, -0.15) is 10.2 Å². The van der Waals surface area contributed by atoms with Crippen LogP contribution in [-0.4, -0.2) is 4.98 Å². The average molecular weight is 172 g/mol. The highest BCUT2D eigenvalue weighted by Gasteiger charge is 2.05. The van der Waals surface area contributed by atoms with Crippen molar-refractivity contribution in [3.8, 4) is 6.07 Å². The lowest BCUT2D eigenvalue weighted by molar-refractivity contribution is 0.584. The van der Waals surface area contributed by atoms with E-state index in [0.717, 1.165) is 16.6 Å². The van der Waals surface area contributed by atoms with E-state index < -0.39 is 0 Å². The van der Waals surface area contributed by atoms with Crippen molar-refractivity contribution in [3.63, 3.8) is 0 Å². The van der Waals surface area contributed by atoms with Crippen molar-refractivity contribution >= 4 is 11.1 Å². The molecule has 0 aliphatic carbocycles. The van der Waals surface area contributed by atoms with Gasteiger partial charge in [-0.05, 0) is 37.1 Å². The van der Waals surface area contributed by atoms with E-state index in [9.17, 15) is 0 Å². The molecule has 2 aromatic rings. The van der Waals surface area contributed by atoms with Crippen LogP contribution in [0.25, 0.3) is 11.1 Å². The Hall–Kier alpha value is -1.82. The van der Waals surface area contributed by atoms with Crippen LogP contribution in [0.3, 0.4) is 0 Å². The van der Waals surface area contributed by atoms with E-state index >= 15 is 0 Å². The first kappa shape index (κ1) is 7.81. The van der Waals surface area contributed by atoms with Gasteiger partial charge in [0.25, 0.3) is 0 Å². The van der Waals surface area contributed by atoms with Gasteiger partial charge < -0.3 is 4.42 Å². The maximum Gasteiger partial charge on any atom is 0.301 e. The molecule has 0 radical (unpaired) electrons. The molecule has 13 heavy (non-hydrogen) atoms. The van der Waals surface area contributed by atoms with Gasteiger partial charge in [0.1, 0.15) is 5.52 Å². The summed E-state index contributed by atoms with van der Waals surface area (Å²) in [5, 5.41) is 8.57. The molecule has 2 rings (SSSR count). The molecule has 0 unspecified atom stereocenters. The molecule has 0 amide bonds. The van der Waals surface area contributed by atoms with Gasteiger partial charge in [0.2, 0.25) is 0 Å². The number of nitriles is 1. The third kappa shape index (κ3) is 1.17. The minimum atomic E-state index is 0.125. The number of hydrogen-bond donors (Lipinski definition) is 0. The second-order valence-corrected chi connectivity index (χ2v) is 3.04. The zero-order valence-electron chi connectivity index (χ0n) is 7.46. The quantitative estimate of drug-likeness (QED) is 0.612. The van der Waals surface area contributed by atoms with Gasteiger partial charge in [-0.1, -0.05) is 0 Å². The van der Waals surface area contributed by atoms with E-state index in [1.54, 1.807) is 0 Å². The molecule has 0 bridgehead atoms. The lowest BCUT2D eigenvalue weighted by Crippen LogP contribution is -1.79. The maximum atomic E-state index is 8.57. The summed E-state index contributed by atoms with van der Waals surface area (Å²) >= 11 is 0. The van der Waals surface area contributed by atoms with Crippen molar-refractivity contribution in [3.05, 3.63) is 29.2 Å². The van der Waals surface area contributed by atoms with Crippen LogP contribution in [0.15, 0.2) is 16.5 Å². The maximum absolute atomic E-state index is 8.57. The second-order valence-electron chi connectivity index (χ2n) is 3.04. The minimum absolute atomic E-state index is 0.125. The molecule has 1 aromatic heterocycles. The number of aromatic nitrogens is 1. The largest absolute Gasteiger partial charge is 0.428 e. The highest BCUT2D eigenvalue weighted by molar-refractivity contribution is 5.75. The summed E-state index contributed by atoms with van der Waals surface area (Å²) in [6, 6.07) is 5.70. The normalized spacial score (nSPS) is 10.2. The summed E-state index contributed by atoms with van der Waals surface area (Å²) in [6.45, 7) is 4.01. The fourth-order valence-corrected chi connectivity index (χ4v) is 1.23. The van der Waals surface area contributed by atoms with Crippen molar-refractivity contribution in [2.75, 3.05) is 0 Å². The predicted molar refractivity (Wildman–Crippen MR) is 48.2 cm³/mol. The lowest BCUT2D eigenvalue weighted by atomic mass is 10.1. The molecule has 1 aromatic carbocycles. The van der Waals surface area contributed by atoms with Crippen LogP contribution in [0.2, 0.25) is 0 Å². The van der Waals surface area contributed by atoms with Crippen molar-refractivity contribution in [1.29, 1.82) is 5.26 Å². The molecule has 1 heterocycles. The molecular weight excluding hydrogens is 164 g/mol. The molecule has 0 aliphatic rings. The van der Waals surface area contributed by atoms with E-state index in [1.807, 2.05) is 32.0 Å². The number of oxazole rings is 1. The Labute approximate surface area is 75.6 Å². The first-order chi connectivity index (χ1) is 6.20. The standard InChI is InChI=1S/C10H8N2O/c1-6-3-8-9(4-7(6)2)13-10(5-11)12-8/h3-4H,1-2H3. The first-order valence-corrected chi connectivity index (χ1v) is 3.98. The van der Waals surface area contributed by atoms with E-state index in [4.69, 9.17) is 9.68 Å². The number of hydrogen-bond acceptors (Lipinski definition) is 3. The lowest BCUT2D eigenvalue weighted by Gasteiger charge is -1.96. The zero-order valence-corrected chi connectivity index (χ0v) is 7.46. The van der Waals surface area contributed by atoms with Crippen molar-refractivity contribution in [2.24, 2.45) is 0 Å². The minimum Gasteiger partial charge on any atom is -0.428 e. The van der Waals surface area contributed by atoms with E-state index in [2.05, 4.69) is 4.98 Å². The summed E-state index contributed by atoms with van der Waals surface area (Å²) in [5.74, 6) is 0.125. The highest BCUT2D eigenvalue weighted by Crippen LogP contribution is 2.19. The first-order valence-electron chi connectivity index (χ1n) is 3.98. The molecule has 0 spiro atoms. The Kier molecular flexibility index (Phi) is 1.56. The Morgan fingerprint density at radius 2 is 2.00 bits per heavy atom. The molecule has 3 heteroatoms. The fraction of sp³-hybridized carbons (Fsp3) is 0.200. The number of benzene rings is 1. The van der Waals surface area contributed by atoms with Crippen LogP contribution in [0.1, 0.15) is 17.0 Å². The SMILES string of the molecule is Cc1cc2nc(C#N)oc2cc1C. The summed E-state index contributed by atoms with van der Waals surface area (Å²) < 4.78 is 5.18. The van der Waals surface area contributed by atoms with Gasteiger partial charge in [-0.15, -0.1) is 0 Å². The molecular formula is C10H8N2O. The second kappa shape index (κ2) is 2.60. The molecule has 3 nitrogen and oxygen atoms in total. The Balaban J connectivity index is 2.79. The van der Waals surface area contributed by atoms with Crippen molar-refractivity contribution in [1.82, 2.24) is 4.98 Å². The molecule has 0 aliphatic heterocycles. The van der Waals surface area contributed by atoms with Crippen LogP contribution in [-0.2, 0) is 0 Å². The van der Waals surface area contributed by atoms with Gasteiger partial charge in [0, 0.05) is 0 Å². The molecule has 64 valence electrons. The van der Waals surface area contributed by atoms with Crippen molar-refractivity contribution in [2.45, 2.75) is 13.8 Å². The fourth-order valence-electron chi connectivity index (χ4n) is 1.23. The number of fused-ring (bicyclic) bond motifs is 1. The molecule has 0 fully saturated rings. The summed E-state index contributed by atoms with van der Waals surface area (Å²) in [6.07, 6.45) is 0. The zero-order chi connectivity index (χ0) is 9.42. The smallest absolute Gasteiger partial charge is 0.301 e. The monoisotopic (exact) mass is 172 g/mol. The third-order valence-electron chi connectivity index (χ3n) is 2.10. The molecule has 0 atom stereocenters. The van der Waals surface area contributed by atoms with E-state index in [1.165, 1.54) is 0 Å². The summed E-state index contributed by atoms with van der Waals surface area (Å²) in [4.78, 5) is 4.01. The molecule has 0 saturated carbocycles. The van der Waals surface area contributed by atoms with Gasteiger partial charge in [-0.3, -0.25) is 0 Å². The Morgan fingerprint density at radius 3 is 2.69 bits per heavy atom. The summed E-state index contributed by atoms with van der Waals surface area (Å²) in [7, 11) is 0. The van der Waals surface area contributed by atoms with Crippen LogP contribution >= 0.6 is 0 Å². The van der Waals surface area contributed by atoms with Crippen molar-refractivity contribution < 1.29 is 4.42 Å². The van der Waals surface area contributed by atoms with Gasteiger partial charge >= 0.3 is 5.89 Å². The number of nitrogens with zero attached hydrogens (tertiary/aromatic N) is 2. The number of aryl methyl sites for hydroxylation is 2. The summed E-state index contributed by atoms with van der Waals surface area (Å²) in [5.41, 5.74) is 3.73. The van der Waals surface area contributed by atoms with Crippen LogP contribution in [0.4, 0.5) is 0 Å².